The van der Waals surface area contributed by atoms with Gasteiger partial charge in [-0.15, -0.1) is 11.8 Å². The number of hydrogen-bond donors (Lipinski definition) is 0. The van der Waals surface area contributed by atoms with Gasteiger partial charge in [0.05, 0.1) is 22.7 Å². The minimum Gasteiger partial charge on any atom is -0.310 e. The van der Waals surface area contributed by atoms with Crippen molar-refractivity contribution in [1.29, 1.82) is 0 Å². The quantitative estimate of drug-likeness (QED) is 0.175. The minimum atomic E-state index is 0.310. The van der Waals surface area contributed by atoms with Crippen LogP contribution in [0.4, 0.5) is 28.4 Å². The normalized spacial score (nSPS) is 18.0. The molecule has 54 heavy (non-hydrogen) atoms. The Kier molecular flexibility index (Phi) is 6.66. The van der Waals surface area contributed by atoms with Crippen LogP contribution in [0.1, 0.15) is 33.7 Å². The number of allylic oxidation sites excluding steroid dienone is 2. The first kappa shape index (κ1) is 30.5. The van der Waals surface area contributed by atoms with E-state index in [9.17, 15) is 0 Å². The van der Waals surface area contributed by atoms with Gasteiger partial charge in [-0.05, 0) is 105 Å². The average Bonchev–Trinajstić information content (AvgIpc) is 3.38. The minimum absolute atomic E-state index is 0.310. The van der Waals surface area contributed by atoms with Gasteiger partial charge in [0.15, 0.2) is 0 Å². The van der Waals surface area contributed by atoms with E-state index in [1.807, 2.05) is 23.5 Å². The summed E-state index contributed by atoms with van der Waals surface area (Å²) in [7, 11) is 0. The van der Waals surface area contributed by atoms with Crippen LogP contribution in [0.5, 0.6) is 0 Å². The molecule has 0 radical (unpaired) electrons. The molecule has 2 unspecified atom stereocenters. The van der Waals surface area contributed by atoms with Crippen LogP contribution in [0.15, 0.2) is 178 Å². The van der Waals surface area contributed by atoms with E-state index in [1.165, 1.54) is 98.5 Å². The van der Waals surface area contributed by atoms with E-state index >= 15 is 0 Å². The molecule has 0 aromatic heterocycles. The van der Waals surface area contributed by atoms with Crippen molar-refractivity contribution in [3.8, 4) is 11.1 Å². The fourth-order valence-corrected chi connectivity index (χ4v) is 11.7. The molecular formula is C50H32N2S2. The summed E-state index contributed by atoms with van der Waals surface area (Å²) >= 11 is 3.94. The summed E-state index contributed by atoms with van der Waals surface area (Å²) < 4.78 is 0. The Bertz CT molecular complexity index is 2780. The van der Waals surface area contributed by atoms with Crippen molar-refractivity contribution in [2.75, 3.05) is 9.80 Å². The molecular weight excluding hydrogens is 693 g/mol. The average molecular weight is 725 g/mol. The molecule has 4 heterocycles. The Morgan fingerprint density at radius 3 is 1.69 bits per heavy atom. The van der Waals surface area contributed by atoms with Crippen molar-refractivity contribution in [3.63, 3.8) is 0 Å². The van der Waals surface area contributed by atoms with Crippen LogP contribution < -0.4 is 9.80 Å². The Balaban J connectivity index is 0.961. The summed E-state index contributed by atoms with van der Waals surface area (Å²) in [5.41, 5.74) is 16.3. The van der Waals surface area contributed by atoms with Crippen LogP contribution in [0, 0.1) is 0 Å². The van der Waals surface area contributed by atoms with E-state index in [4.69, 9.17) is 0 Å². The molecule has 7 aromatic rings. The molecule has 2 atom stereocenters. The largest absolute Gasteiger partial charge is 0.310 e. The van der Waals surface area contributed by atoms with Gasteiger partial charge in [-0.2, -0.15) is 0 Å². The smallest absolute Gasteiger partial charge is 0.0534 e. The van der Waals surface area contributed by atoms with Gasteiger partial charge in [-0.25, -0.2) is 0 Å². The highest BCUT2D eigenvalue weighted by Crippen LogP contribution is 2.58. The summed E-state index contributed by atoms with van der Waals surface area (Å²) in [6, 6.07) is 51.5. The zero-order valence-electron chi connectivity index (χ0n) is 29.2. The molecule has 0 fully saturated rings. The van der Waals surface area contributed by atoms with Crippen LogP contribution >= 0.6 is 23.5 Å². The maximum atomic E-state index is 2.52. The topological polar surface area (TPSA) is 6.48 Å². The second kappa shape index (κ2) is 11.8. The molecule has 0 bridgehead atoms. The molecule has 0 amide bonds. The molecule has 4 aliphatic heterocycles. The maximum Gasteiger partial charge on any atom is 0.0534 e. The zero-order chi connectivity index (χ0) is 35.3. The summed E-state index contributed by atoms with van der Waals surface area (Å²) in [4.78, 5) is 8.92. The fourth-order valence-electron chi connectivity index (χ4n) is 9.07. The third kappa shape index (κ3) is 4.51. The first-order valence-corrected chi connectivity index (χ1v) is 20.3. The zero-order valence-corrected chi connectivity index (χ0v) is 30.8. The fraction of sp³-hybridized carbons (Fsp3) is 0.0400. The Morgan fingerprint density at radius 1 is 0.463 bits per heavy atom. The molecule has 254 valence electrons. The van der Waals surface area contributed by atoms with Gasteiger partial charge < -0.3 is 9.80 Å². The van der Waals surface area contributed by atoms with Gasteiger partial charge in [0.25, 0.3) is 0 Å². The van der Waals surface area contributed by atoms with Crippen LogP contribution in [0.25, 0.3) is 46.2 Å². The molecule has 1 aliphatic carbocycles. The van der Waals surface area contributed by atoms with Crippen molar-refractivity contribution in [2.45, 2.75) is 25.9 Å². The molecule has 7 aromatic carbocycles. The number of fused-ring (bicyclic) bond motifs is 10. The third-order valence-corrected chi connectivity index (χ3v) is 13.9. The lowest BCUT2D eigenvalue weighted by molar-refractivity contribution is 0.874. The van der Waals surface area contributed by atoms with Crippen molar-refractivity contribution in [3.05, 3.63) is 191 Å². The Labute approximate surface area is 323 Å². The van der Waals surface area contributed by atoms with Crippen LogP contribution in [-0.2, 0) is 0 Å². The molecule has 0 saturated carbocycles. The van der Waals surface area contributed by atoms with E-state index in [2.05, 4.69) is 192 Å². The van der Waals surface area contributed by atoms with E-state index < -0.39 is 0 Å². The third-order valence-electron chi connectivity index (χ3n) is 11.5. The highest BCUT2D eigenvalue weighted by atomic mass is 32.2. The number of nitrogens with zero attached hydrogens (tertiary/aromatic N) is 2. The maximum absolute atomic E-state index is 2.52. The lowest BCUT2D eigenvalue weighted by atomic mass is 9.85. The molecule has 2 nitrogen and oxygen atoms in total. The van der Waals surface area contributed by atoms with Gasteiger partial charge in [-0.1, -0.05) is 133 Å². The summed E-state index contributed by atoms with van der Waals surface area (Å²) in [6.45, 7) is 0. The number of anilines is 5. The first-order valence-electron chi connectivity index (χ1n) is 18.6. The second-order valence-electron chi connectivity index (χ2n) is 14.4. The summed E-state index contributed by atoms with van der Waals surface area (Å²) in [5, 5.41) is 3.09. The van der Waals surface area contributed by atoms with Gasteiger partial charge >= 0.3 is 0 Å². The molecule has 5 aliphatic rings. The predicted molar refractivity (Wildman–Crippen MR) is 231 cm³/mol. The van der Waals surface area contributed by atoms with Crippen LogP contribution in [0.3, 0.4) is 0 Å². The van der Waals surface area contributed by atoms with E-state index in [0.717, 1.165) is 0 Å². The van der Waals surface area contributed by atoms with E-state index in [1.54, 1.807) is 0 Å². The van der Waals surface area contributed by atoms with Gasteiger partial charge in [0, 0.05) is 42.6 Å². The Morgan fingerprint density at radius 2 is 1.06 bits per heavy atom. The summed E-state index contributed by atoms with van der Waals surface area (Å²) in [6.07, 6.45) is 16.3. The predicted octanol–water partition coefficient (Wildman–Crippen LogP) is 14.3. The van der Waals surface area contributed by atoms with Crippen molar-refractivity contribution in [1.82, 2.24) is 0 Å². The van der Waals surface area contributed by atoms with E-state index in [-0.39, 0.29) is 0 Å². The van der Waals surface area contributed by atoms with Crippen LogP contribution in [-0.4, -0.2) is 5.25 Å². The molecule has 12 rings (SSSR count). The lowest BCUT2D eigenvalue weighted by Crippen LogP contribution is -2.21. The number of hydrogen-bond acceptors (Lipinski definition) is 4. The monoisotopic (exact) mass is 724 g/mol. The number of benzene rings is 7. The standard InChI is InChI=1S/C50H32N2S2/c1-5-15-41-31(10-1)20-21-32-11-2-6-16-42(32)51(41)35-24-26-37-40-30-48-49(39-14-9-19-45(50(39)40)53-46(37)28-35)38-27-25-36(29-47(38)54-48)52-43-17-7-3-12-33(43)22-23-34-13-4-8-18-44(34)52/h1-30,38,47H. The molecule has 0 saturated heterocycles. The van der Waals surface area contributed by atoms with Crippen molar-refractivity contribution in [2.24, 2.45) is 0 Å². The molecule has 4 heteroatoms. The highest BCUT2D eigenvalue weighted by molar-refractivity contribution is 8.00. The molecule has 0 spiro atoms. The SMILES string of the molecule is C1=CC2c3c(cc4c5c(cccc35)Sc3cc(N5c6ccccc6C=Cc6ccccc65)ccc3-4)SC2C=C1N1c2ccccc2C=Cc2ccccc21. The summed E-state index contributed by atoms with van der Waals surface area (Å²) in [5.74, 6) is 0.319. The van der Waals surface area contributed by atoms with Crippen LogP contribution in [0.2, 0.25) is 0 Å². The number of thioether (sulfide) groups is 1. The highest BCUT2D eigenvalue weighted by Gasteiger charge is 2.37. The van der Waals surface area contributed by atoms with Gasteiger partial charge in [-0.3, -0.25) is 0 Å². The van der Waals surface area contributed by atoms with Gasteiger partial charge in [0.1, 0.15) is 0 Å². The Hall–Kier alpha value is -5.94. The number of rotatable bonds is 2. The van der Waals surface area contributed by atoms with Crippen molar-refractivity contribution >= 4 is 87.0 Å². The lowest BCUT2D eigenvalue weighted by Gasteiger charge is -2.31. The first-order chi connectivity index (χ1) is 26.8. The second-order valence-corrected chi connectivity index (χ2v) is 16.7. The van der Waals surface area contributed by atoms with E-state index in [0.29, 0.717) is 11.2 Å². The van der Waals surface area contributed by atoms with Gasteiger partial charge in [0.2, 0.25) is 0 Å². The number of para-hydroxylation sites is 4. The van der Waals surface area contributed by atoms with Crippen molar-refractivity contribution < 1.29 is 0 Å². The molecule has 0 N–H and O–H groups in total.